The Hall–Kier alpha value is -3.29. The predicted molar refractivity (Wildman–Crippen MR) is 125 cm³/mol. The molecule has 0 aromatic carbocycles. The highest BCUT2D eigenvalue weighted by atomic mass is 19.1. The van der Waals surface area contributed by atoms with Crippen LogP contribution < -0.4 is 5.32 Å². The monoisotopic (exact) mass is 451 g/mol. The number of amides is 2. The first-order valence-corrected chi connectivity index (χ1v) is 11.2. The summed E-state index contributed by atoms with van der Waals surface area (Å²) in [7, 11) is 0. The smallest absolute Gasteiger partial charge is 0.255 e. The molecule has 0 saturated carbocycles. The Kier molecular flexibility index (Phi) is 5.95. The maximum Gasteiger partial charge on any atom is 0.255 e. The topological polar surface area (TPSA) is 80.1 Å². The molecule has 8 heteroatoms. The number of likely N-dealkylation sites (tertiary alicyclic amines) is 1. The number of halogens is 1. The highest BCUT2D eigenvalue weighted by Gasteiger charge is 2.32. The van der Waals surface area contributed by atoms with Gasteiger partial charge in [-0.25, -0.2) is 9.37 Å². The molecule has 7 nitrogen and oxygen atoms in total. The summed E-state index contributed by atoms with van der Waals surface area (Å²) in [5, 5.41) is 3.74. The highest BCUT2D eigenvalue weighted by molar-refractivity contribution is 5.97. The second kappa shape index (κ2) is 8.57. The Balaban J connectivity index is 1.54. The van der Waals surface area contributed by atoms with Gasteiger partial charge in [0.15, 0.2) is 0 Å². The molecule has 33 heavy (non-hydrogen) atoms. The van der Waals surface area contributed by atoms with Crippen molar-refractivity contribution >= 4 is 22.8 Å². The molecule has 0 spiro atoms. The molecule has 0 atom stereocenters. The number of pyridine rings is 2. The van der Waals surface area contributed by atoms with Gasteiger partial charge in [0.25, 0.3) is 11.8 Å². The minimum Gasteiger partial charge on any atom is -0.351 e. The van der Waals surface area contributed by atoms with Crippen molar-refractivity contribution < 1.29 is 14.0 Å². The van der Waals surface area contributed by atoms with Gasteiger partial charge in [-0.15, -0.1) is 0 Å². The van der Waals surface area contributed by atoms with Crippen LogP contribution in [0.3, 0.4) is 0 Å². The summed E-state index contributed by atoms with van der Waals surface area (Å²) >= 11 is 0. The third kappa shape index (κ3) is 5.21. The lowest BCUT2D eigenvalue weighted by atomic mass is 9.95. The number of carbonyl (C=O) groups excluding carboxylic acids is 2. The third-order valence-electron chi connectivity index (χ3n) is 5.91. The second-order valence-corrected chi connectivity index (χ2v) is 10.2. The standard InChI is InChI=1S/C25H30FN5O2/c1-24(2,3)16-29-22(32)18-12-20(15-27-13-18)31-8-5-17-11-19(14-28-21(17)31)23(33)30-9-6-25(4,26)7-10-30/h5,8,11-15H,6-7,9-10,16H2,1-4H3,(H,29,32). The van der Waals surface area contributed by atoms with Crippen LogP contribution >= 0.6 is 0 Å². The van der Waals surface area contributed by atoms with Crippen LogP contribution in [0, 0.1) is 5.41 Å². The fourth-order valence-electron chi connectivity index (χ4n) is 3.84. The number of fused-ring (bicyclic) bond motifs is 1. The van der Waals surface area contributed by atoms with E-state index in [4.69, 9.17) is 0 Å². The molecule has 1 saturated heterocycles. The summed E-state index contributed by atoms with van der Waals surface area (Å²) in [4.78, 5) is 35.9. The molecule has 1 N–H and O–H groups in total. The lowest BCUT2D eigenvalue weighted by Gasteiger charge is -2.34. The van der Waals surface area contributed by atoms with E-state index < -0.39 is 5.67 Å². The molecule has 1 fully saturated rings. The molecule has 0 radical (unpaired) electrons. The van der Waals surface area contributed by atoms with E-state index in [9.17, 15) is 14.0 Å². The van der Waals surface area contributed by atoms with Gasteiger partial charge in [0.1, 0.15) is 11.3 Å². The first-order chi connectivity index (χ1) is 15.5. The van der Waals surface area contributed by atoms with E-state index in [1.54, 1.807) is 42.5 Å². The SMILES string of the molecule is CC(C)(C)CNC(=O)c1cncc(-n2ccc3cc(C(=O)N4CCC(C)(F)CC4)cnc32)c1. The van der Waals surface area contributed by atoms with Crippen LogP contribution in [0.2, 0.25) is 0 Å². The van der Waals surface area contributed by atoms with Gasteiger partial charge in [0, 0.05) is 43.6 Å². The van der Waals surface area contributed by atoms with Crippen LogP contribution in [0.1, 0.15) is 61.3 Å². The summed E-state index contributed by atoms with van der Waals surface area (Å²) in [5.41, 5.74) is 1.10. The molecular formula is C25H30FN5O2. The van der Waals surface area contributed by atoms with Gasteiger partial charge in [0.05, 0.1) is 23.0 Å². The molecule has 0 bridgehead atoms. The molecule has 3 aromatic heterocycles. The minimum absolute atomic E-state index is 0.0177. The normalized spacial score (nSPS) is 16.1. The van der Waals surface area contributed by atoms with Gasteiger partial charge in [-0.1, -0.05) is 20.8 Å². The van der Waals surface area contributed by atoms with Crippen molar-refractivity contribution in [3.63, 3.8) is 0 Å². The maximum atomic E-state index is 14.1. The van der Waals surface area contributed by atoms with Gasteiger partial charge in [-0.3, -0.25) is 19.1 Å². The van der Waals surface area contributed by atoms with E-state index >= 15 is 0 Å². The number of carbonyl (C=O) groups is 2. The van der Waals surface area contributed by atoms with Crippen molar-refractivity contribution in [3.05, 3.63) is 54.1 Å². The van der Waals surface area contributed by atoms with E-state index in [2.05, 4.69) is 36.1 Å². The Bertz CT molecular complexity index is 1180. The van der Waals surface area contributed by atoms with Crippen LogP contribution in [-0.4, -0.2) is 56.6 Å². The van der Waals surface area contributed by atoms with E-state index in [0.717, 1.165) is 5.39 Å². The van der Waals surface area contributed by atoms with Gasteiger partial charge in [-0.2, -0.15) is 0 Å². The molecule has 0 aliphatic carbocycles. The van der Waals surface area contributed by atoms with Gasteiger partial charge in [-0.05, 0) is 43.4 Å². The lowest BCUT2D eigenvalue weighted by Crippen LogP contribution is -2.43. The summed E-state index contributed by atoms with van der Waals surface area (Å²) < 4.78 is 15.9. The van der Waals surface area contributed by atoms with Crippen molar-refractivity contribution in [1.29, 1.82) is 0 Å². The van der Waals surface area contributed by atoms with E-state index in [1.807, 2.05) is 16.8 Å². The molecule has 4 heterocycles. The number of alkyl halides is 1. The van der Waals surface area contributed by atoms with Crippen molar-refractivity contribution in [2.24, 2.45) is 5.41 Å². The van der Waals surface area contributed by atoms with Crippen LogP contribution in [0.5, 0.6) is 0 Å². The number of nitrogens with zero attached hydrogens (tertiary/aromatic N) is 4. The Morgan fingerprint density at radius 1 is 1.12 bits per heavy atom. The number of hydrogen-bond acceptors (Lipinski definition) is 4. The number of nitrogens with one attached hydrogen (secondary N) is 1. The zero-order valence-corrected chi connectivity index (χ0v) is 19.6. The second-order valence-electron chi connectivity index (χ2n) is 10.2. The average Bonchev–Trinajstić information content (AvgIpc) is 3.20. The Labute approximate surface area is 193 Å². The van der Waals surface area contributed by atoms with E-state index in [1.165, 1.54) is 0 Å². The summed E-state index contributed by atoms with van der Waals surface area (Å²) in [6, 6.07) is 5.45. The molecule has 2 amide bonds. The number of rotatable bonds is 4. The third-order valence-corrected chi connectivity index (χ3v) is 5.91. The van der Waals surface area contributed by atoms with Crippen LogP contribution in [0.4, 0.5) is 4.39 Å². The van der Waals surface area contributed by atoms with E-state index in [-0.39, 0.29) is 17.2 Å². The zero-order valence-electron chi connectivity index (χ0n) is 19.6. The van der Waals surface area contributed by atoms with Crippen LogP contribution in [0.25, 0.3) is 16.7 Å². The first-order valence-electron chi connectivity index (χ1n) is 11.2. The Morgan fingerprint density at radius 2 is 1.85 bits per heavy atom. The maximum absolute atomic E-state index is 14.1. The highest BCUT2D eigenvalue weighted by Crippen LogP contribution is 2.27. The molecule has 174 valence electrons. The largest absolute Gasteiger partial charge is 0.351 e. The van der Waals surface area contributed by atoms with Crippen molar-refractivity contribution in [2.45, 2.75) is 46.2 Å². The summed E-state index contributed by atoms with van der Waals surface area (Å²) in [6.45, 7) is 9.12. The van der Waals surface area contributed by atoms with Crippen LogP contribution in [0.15, 0.2) is 43.0 Å². The van der Waals surface area contributed by atoms with Crippen molar-refractivity contribution in [3.8, 4) is 5.69 Å². The molecule has 0 unspecified atom stereocenters. The fourth-order valence-corrected chi connectivity index (χ4v) is 3.84. The van der Waals surface area contributed by atoms with Crippen LogP contribution in [-0.2, 0) is 0 Å². The van der Waals surface area contributed by atoms with E-state index in [0.29, 0.717) is 54.9 Å². The van der Waals surface area contributed by atoms with Crippen molar-refractivity contribution in [1.82, 2.24) is 24.8 Å². The zero-order chi connectivity index (χ0) is 23.8. The van der Waals surface area contributed by atoms with Gasteiger partial charge in [0.2, 0.25) is 0 Å². The predicted octanol–water partition coefficient (Wildman–Crippen LogP) is 4.16. The first kappa shape index (κ1) is 22.9. The quantitative estimate of drug-likeness (QED) is 0.646. The summed E-state index contributed by atoms with van der Waals surface area (Å²) in [5.74, 6) is -0.311. The fraction of sp³-hybridized carbons (Fsp3) is 0.440. The molecule has 1 aliphatic rings. The molecular weight excluding hydrogens is 421 g/mol. The average molecular weight is 452 g/mol. The molecule has 1 aliphatic heterocycles. The number of hydrogen-bond donors (Lipinski definition) is 1. The number of aromatic nitrogens is 3. The minimum atomic E-state index is -1.21. The lowest BCUT2D eigenvalue weighted by molar-refractivity contribution is 0.0503. The Morgan fingerprint density at radius 3 is 2.55 bits per heavy atom. The van der Waals surface area contributed by atoms with Gasteiger partial charge >= 0.3 is 0 Å². The molecule has 3 aromatic rings. The number of piperidine rings is 1. The van der Waals surface area contributed by atoms with Gasteiger partial charge < -0.3 is 10.2 Å². The molecule has 4 rings (SSSR count). The summed E-state index contributed by atoms with van der Waals surface area (Å²) in [6.07, 6.45) is 7.29. The van der Waals surface area contributed by atoms with Crippen molar-refractivity contribution in [2.75, 3.05) is 19.6 Å².